The molecule has 0 spiro atoms. The molecule has 0 aliphatic carbocycles. The van der Waals surface area contributed by atoms with Crippen LogP contribution < -0.4 is 4.67 Å². The second kappa shape index (κ2) is 9.06. The highest BCUT2D eigenvalue weighted by Crippen LogP contribution is 2.61. The van der Waals surface area contributed by atoms with Crippen molar-refractivity contribution < 1.29 is 9.36 Å². The van der Waals surface area contributed by atoms with E-state index in [1.807, 2.05) is 24.3 Å². The molecule has 0 bridgehead atoms. The van der Waals surface area contributed by atoms with Crippen molar-refractivity contribution in [3.8, 4) is 0 Å². The summed E-state index contributed by atoms with van der Waals surface area (Å²) in [5.41, 5.74) is 1.85. The number of hydrogen-bond acceptors (Lipinski definition) is 2. The summed E-state index contributed by atoms with van der Waals surface area (Å²) in [5.74, 6) is 0.237. The Bertz CT molecular complexity index is 905. The molecule has 0 saturated carbocycles. The molecular formula is C19H21Cl3N3O2P. The van der Waals surface area contributed by atoms with Crippen LogP contribution in [-0.4, -0.2) is 47.1 Å². The molecule has 1 amide bonds. The van der Waals surface area contributed by atoms with Crippen LogP contribution in [0.4, 0.5) is 5.69 Å². The van der Waals surface area contributed by atoms with Crippen molar-refractivity contribution in [2.75, 3.05) is 36.6 Å². The summed E-state index contributed by atoms with van der Waals surface area (Å²) < 4.78 is 19.3. The first kappa shape index (κ1) is 21.5. The van der Waals surface area contributed by atoms with E-state index in [1.165, 1.54) is 4.67 Å². The van der Waals surface area contributed by atoms with Gasteiger partial charge in [-0.1, -0.05) is 41.9 Å². The summed E-state index contributed by atoms with van der Waals surface area (Å²) in [6, 6.07) is 14.4. The predicted molar refractivity (Wildman–Crippen MR) is 117 cm³/mol. The Kier molecular flexibility index (Phi) is 6.95. The standard InChI is InChI=1S/C19H21Cl3N3O2P/c1-23-18-9-5-3-7-16(18)19(26)25(14-15-6-2-4-8-17(15)22)28(23,27)24(12-10-20)13-11-21/h2-9H,10-14H2,1H3. The number of nitrogens with zero attached hydrogens (tertiary/aromatic N) is 3. The maximum Gasteiger partial charge on any atom is 0.338 e. The van der Waals surface area contributed by atoms with Crippen molar-refractivity contribution in [2.45, 2.75) is 6.54 Å². The van der Waals surface area contributed by atoms with Crippen LogP contribution in [0.15, 0.2) is 48.5 Å². The molecule has 2 aromatic carbocycles. The molecular weight excluding hydrogens is 440 g/mol. The molecule has 28 heavy (non-hydrogen) atoms. The largest absolute Gasteiger partial charge is 0.338 e. The number of carbonyl (C=O) groups excluding carboxylic acids is 1. The van der Waals surface area contributed by atoms with Crippen molar-refractivity contribution in [2.24, 2.45) is 0 Å². The summed E-state index contributed by atoms with van der Waals surface area (Å²) in [7, 11) is -1.77. The van der Waals surface area contributed by atoms with E-state index in [2.05, 4.69) is 0 Å². The predicted octanol–water partition coefficient (Wildman–Crippen LogP) is 5.32. The molecule has 3 rings (SSSR count). The molecule has 9 heteroatoms. The fourth-order valence-corrected chi connectivity index (χ4v) is 7.06. The number of para-hydroxylation sites is 1. The monoisotopic (exact) mass is 459 g/mol. The minimum absolute atomic E-state index is 0.121. The lowest BCUT2D eigenvalue weighted by atomic mass is 10.1. The van der Waals surface area contributed by atoms with Crippen LogP contribution in [0, 0.1) is 0 Å². The van der Waals surface area contributed by atoms with E-state index in [0.717, 1.165) is 5.56 Å². The summed E-state index contributed by atoms with van der Waals surface area (Å²) in [6.07, 6.45) is 0. The third-order valence-electron chi connectivity index (χ3n) is 4.75. The summed E-state index contributed by atoms with van der Waals surface area (Å²) in [6.45, 7) is 0.796. The normalized spacial score (nSPS) is 19.2. The van der Waals surface area contributed by atoms with E-state index in [-0.39, 0.29) is 24.2 Å². The Morgan fingerprint density at radius 3 is 2.25 bits per heavy atom. The number of rotatable bonds is 7. The molecule has 0 saturated heterocycles. The number of anilines is 1. The number of fused-ring (bicyclic) bond motifs is 1. The molecule has 150 valence electrons. The Morgan fingerprint density at radius 1 is 1.00 bits per heavy atom. The SMILES string of the molecule is CN1c2ccccc2C(=O)N(Cc2ccccc2Cl)P1(=O)N(CCCl)CCCl. The molecule has 1 heterocycles. The van der Waals surface area contributed by atoms with Gasteiger partial charge >= 0.3 is 7.59 Å². The van der Waals surface area contributed by atoms with Gasteiger partial charge in [0.1, 0.15) is 0 Å². The second-order valence-electron chi connectivity index (χ2n) is 6.34. The van der Waals surface area contributed by atoms with Crippen molar-refractivity contribution in [3.63, 3.8) is 0 Å². The topological polar surface area (TPSA) is 43.9 Å². The fourth-order valence-electron chi connectivity index (χ4n) is 3.36. The van der Waals surface area contributed by atoms with Crippen molar-refractivity contribution in [1.29, 1.82) is 0 Å². The van der Waals surface area contributed by atoms with Crippen LogP contribution in [0.2, 0.25) is 5.02 Å². The first-order chi connectivity index (χ1) is 13.4. The Balaban J connectivity index is 2.15. The second-order valence-corrected chi connectivity index (χ2v) is 10.2. The first-order valence-corrected chi connectivity index (χ1v) is 11.8. The zero-order valence-corrected chi connectivity index (χ0v) is 18.6. The molecule has 5 nitrogen and oxygen atoms in total. The smallest absolute Gasteiger partial charge is 0.297 e. The lowest BCUT2D eigenvalue weighted by Crippen LogP contribution is -2.47. The van der Waals surface area contributed by atoms with Crippen LogP contribution in [0.3, 0.4) is 0 Å². The molecule has 0 N–H and O–H groups in total. The van der Waals surface area contributed by atoms with Crippen molar-refractivity contribution in [1.82, 2.24) is 9.34 Å². The van der Waals surface area contributed by atoms with Crippen molar-refractivity contribution in [3.05, 3.63) is 64.7 Å². The van der Waals surface area contributed by atoms with Gasteiger partial charge in [-0.25, -0.2) is 4.67 Å². The fraction of sp³-hybridized carbons (Fsp3) is 0.316. The molecule has 0 fully saturated rings. The zero-order chi connectivity index (χ0) is 20.3. The molecule has 0 radical (unpaired) electrons. The van der Waals surface area contributed by atoms with Gasteiger partial charge in [0.05, 0.1) is 17.8 Å². The van der Waals surface area contributed by atoms with Gasteiger partial charge in [0.2, 0.25) is 0 Å². The Hall–Kier alpha value is -1.23. The average molecular weight is 461 g/mol. The molecule has 1 aliphatic heterocycles. The number of halogens is 3. The quantitative estimate of drug-likeness (QED) is 0.414. The molecule has 1 atom stereocenters. The lowest BCUT2D eigenvalue weighted by molar-refractivity contribution is 0.0837. The van der Waals surface area contributed by atoms with E-state index in [4.69, 9.17) is 34.8 Å². The number of hydrogen-bond donors (Lipinski definition) is 0. The summed E-state index contributed by atoms with van der Waals surface area (Å²) in [4.78, 5) is 13.4. The minimum Gasteiger partial charge on any atom is -0.297 e. The van der Waals surface area contributed by atoms with Gasteiger partial charge in [0.25, 0.3) is 5.91 Å². The van der Waals surface area contributed by atoms with E-state index < -0.39 is 7.59 Å². The van der Waals surface area contributed by atoms with Gasteiger partial charge < -0.3 is 0 Å². The van der Waals surface area contributed by atoms with Crippen LogP contribution in [-0.2, 0) is 11.1 Å². The number of amides is 1. The van der Waals surface area contributed by atoms with E-state index in [1.54, 1.807) is 40.7 Å². The number of carbonyl (C=O) groups is 1. The van der Waals surface area contributed by atoms with Crippen LogP contribution >= 0.6 is 42.4 Å². The van der Waals surface area contributed by atoms with Gasteiger partial charge in [-0.05, 0) is 23.8 Å². The minimum atomic E-state index is -3.51. The zero-order valence-electron chi connectivity index (χ0n) is 15.4. The molecule has 0 aromatic heterocycles. The van der Waals surface area contributed by atoms with Crippen molar-refractivity contribution >= 4 is 54.0 Å². The van der Waals surface area contributed by atoms with Gasteiger partial charge in [0.15, 0.2) is 0 Å². The highest BCUT2D eigenvalue weighted by Gasteiger charge is 2.48. The van der Waals surface area contributed by atoms with E-state index in [9.17, 15) is 9.36 Å². The highest BCUT2D eigenvalue weighted by molar-refractivity contribution is 7.61. The van der Waals surface area contributed by atoms with E-state index >= 15 is 0 Å². The van der Waals surface area contributed by atoms with Crippen LogP contribution in [0.25, 0.3) is 0 Å². The highest BCUT2D eigenvalue weighted by atomic mass is 35.5. The Morgan fingerprint density at radius 2 is 1.61 bits per heavy atom. The summed E-state index contributed by atoms with van der Waals surface area (Å²) >= 11 is 18.3. The van der Waals surface area contributed by atoms with Crippen LogP contribution in [0.1, 0.15) is 15.9 Å². The average Bonchev–Trinajstić information content (AvgIpc) is 2.70. The van der Waals surface area contributed by atoms with Gasteiger partial charge in [-0.3, -0.25) is 18.7 Å². The van der Waals surface area contributed by atoms with Gasteiger partial charge in [-0.2, -0.15) is 0 Å². The molecule has 1 unspecified atom stereocenters. The van der Waals surface area contributed by atoms with Gasteiger partial charge in [0, 0.05) is 36.9 Å². The number of alkyl halides is 2. The maximum atomic E-state index is 14.5. The van der Waals surface area contributed by atoms with Crippen LogP contribution in [0.5, 0.6) is 0 Å². The first-order valence-electron chi connectivity index (χ1n) is 8.81. The molecule has 1 aliphatic rings. The third kappa shape index (κ3) is 3.79. The summed E-state index contributed by atoms with van der Waals surface area (Å²) in [5, 5.41) is 0.518. The maximum absolute atomic E-state index is 14.5. The van der Waals surface area contributed by atoms with Gasteiger partial charge in [-0.15, -0.1) is 23.2 Å². The third-order valence-corrected chi connectivity index (χ3v) is 8.55. The lowest BCUT2D eigenvalue weighted by Gasteiger charge is -2.47. The van der Waals surface area contributed by atoms with E-state index in [0.29, 0.717) is 29.4 Å². The number of benzene rings is 2. The molecule has 2 aromatic rings. The Labute approximate surface area is 180 Å².